The van der Waals surface area contributed by atoms with Crippen molar-refractivity contribution in [3.8, 4) is 10.6 Å². The van der Waals surface area contributed by atoms with Gasteiger partial charge in [-0.15, -0.1) is 11.3 Å². The topological polar surface area (TPSA) is 67.3 Å². The first-order valence-corrected chi connectivity index (χ1v) is 9.76. The number of hydrogen-bond acceptors (Lipinski definition) is 4. The number of rotatable bonds is 8. The number of Topliss-reactive ketones (excluding diaryl/α,β-unsaturated/α-hetero) is 1. The lowest BCUT2D eigenvalue weighted by Crippen LogP contribution is -2.21. The molecule has 0 amide bonds. The SMILES string of the molecule is O=C(Cc1csc(-c2ccc(Cl)cc2)n1)C[C@@H](Cc1ccccc1)C(=O)O. The lowest BCUT2D eigenvalue weighted by molar-refractivity contribution is -0.143. The van der Waals surface area contributed by atoms with E-state index in [9.17, 15) is 14.7 Å². The minimum atomic E-state index is -0.952. The summed E-state index contributed by atoms with van der Waals surface area (Å²) in [6, 6.07) is 16.7. The average molecular weight is 400 g/mol. The van der Waals surface area contributed by atoms with Crippen LogP contribution in [-0.4, -0.2) is 21.8 Å². The molecule has 0 spiro atoms. The summed E-state index contributed by atoms with van der Waals surface area (Å²) in [7, 11) is 0. The van der Waals surface area contributed by atoms with E-state index in [0.29, 0.717) is 17.1 Å². The fourth-order valence-corrected chi connectivity index (χ4v) is 3.76. The second kappa shape index (κ2) is 8.93. The van der Waals surface area contributed by atoms with Gasteiger partial charge in [-0.1, -0.05) is 54.1 Å². The third-order valence-electron chi connectivity index (χ3n) is 4.17. The summed E-state index contributed by atoms with van der Waals surface area (Å²) in [6.45, 7) is 0. The second-order valence-electron chi connectivity index (χ2n) is 6.30. The van der Waals surface area contributed by atoms with Crippen LogP contribution in [0.25, 0.3) is 10.6 Å². The molecule has 4 nitrogen and oxygen atoms in total. The molecule has 1 N–H and O–H groups in total. The Morgan fingerprint density at radius 3 is 2.44 bits per heavy atom. The van der Waals surface area contributed by atoms with E-state index < -0.39 is 11.9 Å². The van der Waals surface area contributed by atoms with Gasteiger partial charge in [-0.3, -0.25) is 9.59 Å². The normalized spacial score (nSPS) is 11.9. The number of carboxylic acids is 1. The number of carbonyl (C=O) groups is 2. The molecular weight excluding hydrogens is 382 g/mol. The van der Waals surface area contributed by atoms with Crippen LogP contribution in [0.1, 0.15) is 17.7 Å². The Morgan fingerprint density at radius 1 is 1.07 bits per heavy atom. The molecule has 0 aliphatic heterocycles. The lowest BCUT2D eigenvalue weighted by atomic mass is 9.93. The quantitative estimate of drug-likeness (QED) is 0.584. The maximum Gasteiger partial charge on any atom is 0.307 e. The van der Waals surface area contributed by atoms with Gasteiger partial charge in [-0.25, -0.2) is 4.98 Å². The van der Waals surface area contributed by atoms with Crippen molar-refractivity contribution in [2.75, 3.05) is 0 Å². The number of carbonyl (C=O) groups excluding carboxylic acids is 1. The molecule has 138 valence electrons. The van der Waals surface area contributed by atoms with Crippen LogP contribution in [0.4, 0.5) is 0 Å². The first kappa shape index (κ1) is 19.3. The predicted octanol–water partition coefficient (Wildman–Crippen LogP) is 4.91. The number of thiazole rings is 1. The highest BCUT2D eigenvalue weighted by atomic mass is 35.5. The number of nitrogens with zero attached hydrogens (tertiary/aromatic N) is 1. The molecule has 0 aliphatic carbocycles. The number of ketones is 1. The molecule has 27 heavy (non-hydrogen) atoms. The Bertz CT molecular complexity index is 922. The number of aromatic nitrogens is 1. The van der Waals surface area contributed by atoms with E-state index in [1.54, 1.807) is 12.1 Å². The number of aliphatic carboxylic acids is 1. The van der Waals surface area contributed by atoms with Crippen molar-refractivity contribution in [1.29, 1.82) is 0 Å². The third kappa shape index (κ3) is 5.49. The van der Waals surface area contributed by atoms with Crippen LogP contribution in [0.5, 0.6) is 0 Å². The van der Waals surface area contributed by atoms with E-state index in [1.807, 2.05) is 47.8 Å². The molecule has 0 saturated carbocycles. The van der Waals surface area contributed by atoms with Gasteiger partial charge in [0.1, 0.15) is 10.8 Å². The smallest absolute Gasteiger partial charge is 0.307 e. The van der Waals surface area contributed by atoms with Gasteiger partial charge in [0.25, 0.3) is 0 Å². The Hall–Kier alpha value is -2.50. The highest BCUT2D eigenvalue weighted by Crippen LogP contribution is 2.25. The van der Waals surface area contributed by atoms with E-state index in [-0.39, 0.29) is 18.6 Å². The molecule has 2 aromatic carbocycles. The third-order valence-corrected chi connectivity index (χ3v) is 5.36. The maximum absolute atomic E-state index is 12.4. The first-order chi connectivity index (χ1) is 13.0. The van der Waals surface area contributed by atoms with Gasteiger partial charge in [-0.2, -0.15) is 0 Å². The van der Waals surface area contributed by atoms with Gasteiger partial charge < -0.3 is 5.11 Å². The van der Waals surface area contributed by atoms with Crippen molar-refractivity contribution in [2.45, 2.75) is 19.3 Å². The zero-order chi connectivity index (χ0) is 19.2. The molecule has 0 radical (unpaired) electrons. The van der Waals surface area contributed by atoms with E-state index in [1.165, 1.54) is 11.3 Å². The Kier molecular flexibility index (Phi) is 6.37. The van der Waals surface area contributed by atoms with Gasteiger partial charge in [-0.05, 0) is 24.1 Å². The molecule has 0 fully saturated rings. The van der Waals surface area contributed by atoms with Crippen molar-refractivity contribution >= 4 is 34.7 Å². The summed E-state index contributed by atoms with van der Waals surface area (Å²) in [5.41, 5.74) is 2.52. The van der Waals surface area contributed by atoms with Crippen molar-refractivity contribution in [3.63, 3.8) is 0 Å². The van der Waals surface area contributed by atoms with E-state index >= 15 is 0 Å². The summed E-state index contributed by atoms with van der Waals surface area (Å²) in [4.78, 5) is 28.4. The predicted molar refractivity (Wildman–Crippen MR) is 107 cm³/mol. The summed E-state index contributed by atoms with van der Waals surface area (Å²) < 4.78 is 0. The van der Waals surface area contributed by atoms with Crippen LogP contribution in [0.15, 0.2) is 60.0 Å². The highest BCUT2D eigenvalue weighted by Gasteiger charge is 2.22. The number of benzene rings is 2. The van der Waals surface area contributed by atoms with E-state index in [4.69, 9.17) is 11.6 Å². The van der Waals surface area contributed by atoms with Crippen LogP contribution < -0.4 is 0 Å². The molecule has 3 aromatic rings. The van der Waals surface area contributed by atoms with Crippen molar-refractivity contribution in [3.05, 3.63) is 76.3 Å². The Morgan fingerprint density at radius 2 is 1.78 bits per heavy atom. The zero-order valence-corrected chi connectivity index (χ0v) is 16.0. The zero-order valence-electron chi connectivity index (χ0n) is 14.5. The number of hydrogen-bond donors (Lipinski definition) is 1. The minimum absolute atomic E-state index is 0.00195. The van der Waals surface area contributed by atoms with Crippen molar-refractivity contribution < 1.29 is 14.7 Å². The molecule has 0 unspecified atom stereocenters. The van der Waals surface area contributed by atoms with Gasteiger partial charge in [0.05, 0.1) is 11.6 Å². The van der Waals surface area contributed by atoms with E-state index in [2.05, 4.69) is 4.98 Å². The van der Waals surface area contributed by atoms with Crippen LogP contribution >= 0.6 is 22.9 Å². The van der Waals surface area contributed by atoms with Gasteiger partial charge in [0, 0.05) is 28.8 Å². The number of halogens is 1. The van der Waals surface area contributed by atoms with Gasteiger partial charge in [0.15, 0.2) is 0 Å². The number of carboxylic acid groups (broad SMARTS) is 1. The van der Waals surface area contributed by atoms with Gasteiger partial charge >= 0.3 is 5.97 Å². The average Bonchev–Trinajstić information content (AvgIpc) is 3.11. The first-order valence-electron chi connectivity index (χ1n) is 8.50. The molecule has 0 bridgehead atoms. The van der Waals surface area contributed by atoms with Crippen LogP contribution in [-0.2, 0) is 22.4 Å². The minimum Gasteiger partial charge on any atom is -0.481 e. The monoisotopic (exact) mass is 399 g/mol. The molecule has 1 aromatic heterocycles. The molecule has 1 heterocycles. The standard InChI is InChI=1S/C21H18ClNO3S/c22-17-8-6-15(7-9-17)20-23-18(13-27-20)12-19(24)11-16(21(25)26)10-14-4-2-1-3-5-14/h1-9,13,16H,10-12H2,(H,25,26)/t16-/m1/s1. The van der Waals surface area contributed by atoms with E-state index in [0.717, 1.165) is 16.1 Å². The lowest BCUT2D eigenvalue weighted by Gasteiger charge is -2.11. The van der Waals surface area contributed by atoms with Gasteiger partial charge in [0.2, 0.25) is 0 Å². The van der Waals surface area contributed by atoms with Crippen LogP contribution in [0.3, 0.4) is 0 Å². The fraction of sp³-hybridized carbons (Fsp3) is 0.190. The molecule has 0 aliphatic rings. The van der Waals surface area contributed by atoms with Crippen LogP contribution in [0, 0.1) is 5.92 Å². The Balaban J connectivity index is 1.62. The molecular formula is C21H18ClNO3S. The highest BCUT2D eigenvalue weighted by molar-refractivity contribution is 7.13. The molecule has 1 atom stereocenters. The van der Waals surface area contributed by atoms with Crippen molar-refractivity contribution in [1.82, 2.24) is 4.98 Å². The second-order valence-corrected chi connectivity index (χ2v) is 7.59. The molecule has 3 rings (SSSR count). The Labute approximate surface area is 166 Å². The molecule has 0 saturated heterocycles. The maximum atomic E-state index is 12.4. The molecule has 6 heteroatoms. The summed E-state index contributed by atoms with van der Waals surface area (Å²) >= 11 is 7.35. The van der Waals surface area contributed by atoms with Crippen molar-refractivity contribution in [2.24, 2.45) is 5.92 Å². The van der Waals surface area contributed by atoms with Crippen LogP contribution in [0.2, 0.25) is 5.02 Å². The fourth-order valence-electron chi connectivity index (χ4n) is 2.81. The summed E-state index contributed by atoms with van der Waals surface area (Å²) in [6.07, 6.45) is 0.482. The summed E-state index contributed by atoms with van der Waals surface area (Å²) in [5.74, 6) is -1.80. The summed E-state index contributed by atoms with van der Waals surface area (Å²) in [5, 5.41) is 12.8. The largest absolute Gasteiger partial charge is 0.481 e.